The second kappa shape index (κ2) is 6.20. The molecule has 1 aromatic heterocycles. The molecular weight excluding hydrogens is 294 g/mol. The van der Waals surface area contributed by atoms with Crippen molar-refractivity contribution < 1.29 is 9.47 Å². The third kappa shape index (κ3) is 2.99. The summed E-state index contributed by atoms with van der Waals surface area (Å²) in [6, 6.07) is 0. The molecule has 2 fully saturated rings. The van der Waals surface area contributed by atoms with Gasteiger partial charge in [0.05, 0.1) is 19.8 Å². The molecular formula is C16H25N5O2. The fraction of sp³-hybridized carbons (Fsp3) is 0.812. The zero-order chi connectivity index (χ0) is 15.7. The van der Waals surface area contributed by atoms with Gasteiger partial charge in [-0.05, 0) is 49.0 Å². The van der Waals surface area contributed by atoms with E-state index >= 15 is 0 Å². The summed E-state index contributed by atoms with van der Waals surface area (Å²) in [5, 5.41) is 12.4. The molecule has 2 aliphatic heterocycles. The number of hydrogen-bond donors (Lipinski definition) is 0. The van der Waals surface area contributed by atoms with Crippen molar-refractivity contribution in [2.24, 2.45) is 11.8 Å². The highest BCUT2D eigenvalue weighted by molar-refractivity contribution is 5.29. The second-order valence-electron chi connectivity index (χ2n) is 6.92. The highest BCUT2D eigenvalue weighted by Gasteiger charge is 2.42. The number of aromatic nitrogens is 4. The van der Waals surface area contributed by atoms with E-state index in [-0.39, 0.29) is 0 Å². The minimum Gasteiger partial charge on any atom is -0.347 e. The predicted octanol–water partition coefficient (Wildman–Crippen LogP) is 1.62. The molecule has 0 spiro atoms. The van der Waals surface area contributed by atoms with E-state index in [0.29, 0.717) is 25.0 Å². The molecule has 1 aromatic rings. The molecule has 4 rings (SSSR count). The summed E-state index contributed by atoms with van der Waals surface area (Å²) >= 11 is 0. The van der Waals surface area contributed by atoms with Crippen LogP contribution in [0.3, 0.4) is 0 Å². The largest absolute Gasteiger partial charge is 0.347 e. The van der Waals surface area contributed by atoms with Crippen LogP contribution >= 0.6 is 0 Å². The van der Waals surface area contributed by atoms with E-state index < -0.39 is 5.79 Å². The third-order valence-electron chi connectivity index (χ3n) is 5.34. The molecule has 7 heteroatoms. The minimum atomic E-state index is -0.453. The zero-order valence-electron chi connectivity index (χ0n) is 13.7. The quantitative estimate of drug-likeness (QED) is 0.786. The van der Waals surface area contributed by atoms with Crippen molar-refractivity contribution in [3.8, 4) is 0 Å². The fourth-order valence-electron chi connectivity index (χ4n) is 3.97. The first-order chi connectivity index (χ1) is 11.2. The van der Waals surface area contributed by atoms with Crippen LogP contribution in [-0.4, -0.2) is 52.3 Å². The molecule has 2 saturated heterocycles. The van der Waals surface area contributed by atoms with Crippen molar-refractivity contribution in [3.63, 3.8) is 0 Å². The standard InChI is InChI=1S/C16H25N5O2/c1-16(22-9-10-23-16)14-7-4-8-20(12-14)15-17-18-19-21(15)11-13-5-2-3-6-13/h2,5,13-14H,3-4,6-12H2,1H3. The molecule has 23 heavy (non-hydrogen) atoms. The van der Waals surface area contributed by atoms with Crippen LogP contribution in [0.2, 0.25) is 0 Å². The van der Waals surface area contributed by atoms with E-state index in [0.717, 1.165) is 38.4 Å². The smallest absolute Gasteiger partial charge is 0.245 e. The second-order valence-corrected chi connectivity index (χ2v) is 6.92. The van der Waals surface area contributed by atoms with Gasteiger partial charge in [-0.3, -0.25) is 0 Å². The fourth-order valence-corrected chi connectivity index (χ4v) is 3.97. The average Bonchev–Trinajstić information content (AvgIpc) is 3.30. The summed E-state index contributed by atoms with van der Waals surface area (Å²) in [7, 11) is 0. The molecule has 0 N–H and O–H groups in total. The van der Waals surface area contributed by atoms with E-state index in [2.05, 4.69) is 39.5 Å². The zero-order valence-corrected chi connectivity index (χ0v) is 13.7. The highest BCUT2D eigenvalue weighted by atomic mass is 16.7. The summed E-state index contributed by atoms with van der Waals surface area (Å²) in [6.45, 7) is 6.20. The Hall–Kier alpha value is -1.47. The predicted molar refractivity (Wildman–Crippen MR) is 84.9 cm³/mol. The van der Waals surface area contributed by atoms with Gasteiger partial charge in [-0.1, -0.05) is 17.3 Å². The number of allylic oxidation sites excluding steroid dienone is 2. The maximum Gasteiger partial charge on any atom is 0.245 e. The van der Waals surface area contributed by atoms with Crippen LogP contribution in [0, 0.1) is 11.8 Å². The van der Waals surface area contributed by atoms with Crippen molar-refractivity contribution in [2.75, 3.05) is 31.2 Å². The molecule has 0 radical (unpaired) electrons. The SMILES string of the molecule is CC1(C2CCCN(c3nnnn3CC3C=CCC3)C2)OCCO1. The van der Waals surface area contributed by atoms with Gasteiger partial charge in [0.15, 0.2) is 5.79 Å². The Morgan fingerprint density at radius 2 is 2.17 bits per heavy atom. The van der Waals surface area contributed by atoms with Gasteiger partial charge in [0.1, 0.15) is 0 Å². The molecule has 3 aliphatic rings. The van der Waals surface area contributed by atoms with E-state index in [1.807, 2.05) is 4.68 Å². The Labute approximate surface area is 136 Å². The van der Waals surface area contributed by atoms with E-state index in [1.54, 1.807) is 0 Å². The van der Waals surface area contributed by atoms with E-state index in [1.165, 1.54) is 12.8 Å². The summed E-state index contributed by atoms with van der Waals surface area (Å²) in [5.41, 5.74) is 0. The Morgan fingerprint density at radius 1 is 1.30 bits per heavy atom. The van der Waals surface area contributed by atoms with Crippen LogP contribution in [0.15, 0.2) is 12.2 Å². The number of hydrogen-bond acceptors (Lipinski definition) is 6. The molecule has 0 aromatic carbocycles. The van der Waals surface area contributed by atoms with Crippen LogP contribution in [0.25, 0.3) is 0 Å². The van der Waals surface area contributed by atoms with Crippen LogP contribution < -0.4 is 4.90 Å². The average molecular weight is 319 g/mol. The molecule has 3 heterocycles. The van der Waals surface area contributed by atoms with Crippen LogP contribution in [0.5, 0.6) is 0 Å². The molecule has 1 aliphatic carbocycles. The lowest BCUT2D eigenvalue weighted by molar-refractivity contribution is -0.182. The maximum absolute atomic E-state index is 5.87. The number of anilines is 1. The van der Waals surface area contributed by atoms with Crippen molar-refractivity contribution in [3.05, 3.63) is 12.2 Å². The van der Waals surface area contributed by atoms with Gasteiger partial charge in [0.25, 0.3) is 0 Å². The van der Waals surface area contributed by atoms with Crippen molar-refractivity contribution in [1.29, 1.82) is 0 Å². The number of nitrogens with zero attached hydrogens (tertiary/aromatic N) is 5. The topological polar surface area (TPSA) is 65.3 Å². The van der Waals surface area contributed by atoms with Crippen molar-refractivity contribution in [2.45, 2.75) is 44.9 Å². The van der Waals surface area contributed by atoms with Crippen LogP contribution in [0.4, 0.5) is 5.95 Å². The van der Waals surface area contributed by atoms with Gasteiger partial charge in [-0.15, -0.1) is 0 Å². The Balaban J connectivity index is 1.47. The minimum absolute atomic E-state index is 0.357. The summed E-state index contributed by atoms with van der Waals surface area (Å²) in [6.07, 6.45) is 9.14. The van der Waals surface area contributed by atoms with Crippen LogP contribution in [-0.2, 0) is 16.0 Å². The van der Waals surface area contributed by atoms with Gasteiger partial charge in [0.2, 0.25) is 5.95 Å². The van der Waals surface area contributed by atoms with Gasteiger partial charge in [0, 0.05) is 19.0 Å². The lowest BCUT2D eigenvalue weighted by atomic mass is 9.90. The molecule has 7 nitrogen and oxygen atoms in total. The first kappa shape index (κ1) is 15.1. The van der Waals surface area contributed by atoms with E-state index in [4.69, 9.17) is 9.47 Å². The lowest BCUT2D eigenvalue weighted by Crippen LogP contribution is -2.47. The van der Waals surface area contributed by atoms with Gasteiger partial charge >= 0.3 is 0 Å². The molecule has 0 saturated carbocycles. The Morgan fingerprint density at radius 3 is 2.96 bits per heavy atom. The maximum atomic E-state index is 5.87. The summed E-state index contributed by atoms with van der Waals surface area (Å²) in [4.78, 5) is 2.29. The Bertz CT molecular complexity index is 567. The molecule has 0 bridgehead atoms. The van der Waals surface area contributed by atoms with Crippen molar-refractivity contribution >= 4 is 5.95 Å². The highest BCUT2D eigenvalue weighted by Crippen LogP contribution is 2.35. The lowest BCUT2D eigenvalue weighted by Gasteiger charge is -2.40. The first-order valence-corrected chi connectivity index (χ1v) is 8.70. The number of piperidine rings is 1. The van der Waals surface area contributed by atoms with E-state index in [9.17, 15) is 0 Å². The van der Waals surface area contributed by atoms with Gasteiger partial charge in [-0.25, -0.2) is 4.68 Å². The molecule has 126 valence electrons. The summed E-state index contributed by atoms with van der Waals surface area (Å²) in [5.74, 6) is 1.34. The van der Waals surface area contributed by atoms with Gasteiger partial charge < -0.3 is 14.4 Å². The third-order valence-corrected chi connectivity index (χ3v) is 5.34. The molecule has 0 amide bonds. The Kier molecular flexibility index (Phi) is 4.07. The number of ether oxygens (including phenoxy) is 2. The summed E-state index contributed by atoms with van der Waals surface area (Å²) < 4.78 is 13.7. The molecule has 2 atom stereocenters. The first-order valence-electron chi connectivity index (χ1n) is 8.70. The van der Waals surface area contributed by atoms with Crippen LogP contribution in [0.1, 0.15) is 32.6 Å². The normalized spacial score (nSPS) is 30.2. The molecule has 2 unspecified atom stereocenters. The van der Waals surface area contributed by atoms with Gasteiger partial charge in [-0.2, -0.15) is 0 Å². The number of rotatable bonds is 4. The monoisotopic (exact) mass is 319 g/mol. The number of tetrazole rings is 1. The van der Waals surface area contributed by atoms with Crippen molar-refractivity contribution in [1.82, 2.24) is 20.2 Å².